The van der Waals surface area contributed by atoms with Crippen LogP contribution in [0.5, 0.6) is 0 Å². The zero-order chi connectivity index (χ0) is 93.8. The van der Waals surface area contributed by atoms with Crippen molar-refractivity contribution in [2.45, 2.75) is 435 Å². The Bertz CT molecular complexity index is 3190. The molecule has 2 unspecified atom stereocenters. The maximum atomic E-state index is 14.4. The Hall–Kier alpha value is -4.48. The summed E-state index contributed by atoms with van der Waals surface area (Å²) in [5, 5.41) is 245. The molecule has 3 amide bonds. The van der Waals surface area contributed by atoms with Crippen LogP contribution in [0, 0.1) is 5.92 Å². The second-order valence-corrected chi connectivity index (χ2v) is 34.6. The highest BCUT2D eigenvalue weighted by molar-refractivity contribution is 5.78. The molecule has 0 bridgehead atoms. The Balaban J connectivity index is 1.33. The van der Waals surface area contributed by atoms with Crippen LogP contribution in [0.2, 0.25) is 0 Å². The Kier molecular flexibility index (Phi) is 49.6. The number of Topliss-reactive ketones (excluding diaryl/α,β-unsaturated/α-hetero) is 1. The Morgan fingerprint density at radius 1 is 0.441 bits per heavy atom. The van der Waals surface area contributed by atoms with E-state index in [9.17, 15) is 136 Å². The summed E-state index contributed by atoms with van der Waals surface area (Å²) in [5.74, 6) is -16.5. The van der Waals surface area contributed by atoms with Gasteiger partial charge < -0.3 is 185 Å². The molecule has 0 spiro atoms. The minimum absolute atomic E-state index is 0.0985. The van der Waals surface area contributed by atoms with E-state index < -0.39 is 308 Å². The van der Waals surface area contributed by atoms with E-state index in [1.807, 2.05) is 0 Å². The van der Waals surface area contributed by atoms with Crippen molar-refractivity contribution >= 4 is 35.4 Å². The van der Waals surface area contributed by atoms with Crippen molar-refractivity contribution in [2.24, 2.45) is 5.92 Å². The number of hydrogen-bond donors (Lipinski definition) is 24. The van der Waals surface area contributed by atoms with E-state index in [1.54, 1.807) is 0 Å². The molecule has 42 heteroatoms. The quantitative estimate of drug-likeness (QED) is 0.0216. The van der Waals surface area contributed by atoms with Crippen LogP contribution in [-0.2, 0) is 85.6 Å². The van der Waals surface area contributed by atoms with Crippen molar-refractivity contribution in [3.8, 4) is 0 Å². The van der Waals surface area contributed by atoms with Crippen LogP contribution >= 0.6 is 0 Å². The first kappa shape index (κ1) is 111. The number of hydrogen-bond acceptors (Lipinski definition) is 37. The lowest BCUT2D eigenvalue weighted by atomic mass is 9.86. The third-order valence-electron chi connectivity index (χ3n) is 24.4. The summed E-state index contributed by atoms with van der Waals surface area (Å²) in [6.07, 6.45) is -32.6. The molecular formula is C85H149N3O39. The third kappa shape index (κ3) is 32.7. The number of aliphatic carboxylic acids is 2. The van der Waals surface area contributed by atoms with E-state index in [0.29, 0.717) is 12.8 Å². The van der Waals surface area contributed by atoms with Crippen molar-refractivity contribution < 1.29 is 193 Å². The number of aliphatic hydroxyl groups is 19. The fraction of sp³-hybridized carbons (Fsp3) is 0.906. The minimum atomic E-state index is -3.67. The van der Waals surface area contributed by atoms with Gasteiger partial charge in [-0.25, -0.2) is 9.59 Å². The van der Waals surface area contributed by atoms with Gasteiger partial charge in [-0.05, 0) is 45.4 Å². The van der Waals surface area contributed by atoms with E-state index >= 15 is 0 Å². The van der Waals surface area contributed by atoms with Gasteiger partial charge in [-0.15, -0.1) is 0 Å². The van der Waals surface area contributed by atoms with Crippen molar-refractivity contribution in [1.82, 2.24) is 16.0 Å². The van der Waals surface area contributed by atoms with Gasteiger partial charge in [0.25, 0.3) is 11.6 Å². The van der Waals surface area contributed by atoms with Crippen LogP contribution in [-0.4, -0.2) is 390 Å². The second kappa shape index (κ2) is 56.6. The Morgan fingerprint density at radius 2 is 0.874 bits per heavy atom. The van der Waals surface area contributed by atoms with Gasteiger partial charge in [0, 0.05) is 45.4 Å². The summed E-state index contributed by atoms with van der Waals surface area (Å²) in [6, 6.07) is -5.02. The molecule has 127 heavy (non-hydrogen) atoms. The molecule has 6 heterocycles. The number of aliphatic hydroxyl groups excluding tert-OH is 19. The van der Waals surface area contributed by atoms with Crippen molar-refractivity contribution in [3.63, 3.8) is 0 Å². The summed E-state index contributed by atoms with van der Waals surface area (Å²) < 4.78 is 72.6. The zero-order valence-electron chi connectivity index (χ0n) is 73.7. The molecule has 738 valence electrons. The number of rotatable bonds is 60. The number of ether oxygens (including phenoxy) is 12. The molecule has 6 fully saturated rings. The lowest BCUT2D eigenvalue weighted by Crippen LogP contribution is -2.72. The summed E-state index contributed by atoms with van der Waals surface area (Å²) in [6.45, 7) is -0.737. The molecule has 34 atom stereocenters. The first-order valence-electron chi connectivity index (χ1n) is 45.4. The minimum Gasteiger partial charge on any atom is -0.477 e. The van der Waals surface area contributed by atoms with Crippen molar-refractivity contribution in [2.75, 3.05) is 46.2 Å². The van der Waals surface area contributed by atoms with Crippen LogP contribution in [0.1, 0.15) is 234 Å². The number of nitrogens with one attached hydrogen (secondary N) is 3. The first-order valence-corrected chi connectivity index (χ1v) is 45.4. The lowest BCUT2D eigenvalue weighted by molar-refractivity contribution is -0.407. The van der Waals surface area contributed by atoms with Gasteiger partial charge in [0.05, 0.1) is 88.8 Å². The summed E-state index contributed by atoms with van der Waals surface area (Å²) in [7, 11) is 0. The second-order valence-electron chi connectivity index (χ2n) is 34.6. The number of carboxylic acids is 2. The van der Waals surface area contributed by atoms with E-state index in [1.165, 1.54) is 77.0 Å². The number of ketones is 1. The summed E-state index contributed by atoms with van der Waals surface area (Å²) in [5.41, 5.74) is 0. The molecule has 0 radical (unpaired) electrons. The van der Waals surface area contributed by atoms with Gasteiger partial charge in [0.1, 0.15) is 128 Å². The number of carbonyl (C=O) groups excluding carboxylic acids is 4. The molecule has 6 saturated heterocycles. The maximum Gasteiger partial charge on any atom is 0.364 e. The zero-order valence-corrected chi connectivity index (χ0v) is 73.7. The molecule has 6 rings (SSSR count). The number of carboxylic acid groups (broad SMARTS) is 2. The molecular weight excluding hydrogens is 1690 g/mol. The van der Waals surface area contributed by atoms with E-state index in [4.69, 9.17) is 56.8 Å². The number of allylic oxidation sites excluding steroid dienone is 2. The Labute approximate surface area is 740 Å². The molecule has 0 aromatic rings. The van der Waals surface area contributed by atoms with E-state index in [0.717, 1.165) is 97.8 Å². The highest BCUT2D eigenvalue weighted by Gasteiger charge is 2.64. The van der Waals surface area contributed by atoms with Crippen LogP contribution in [0.15, 0.2) is 12.2 Å². The number of unbranched alkanes of at least 4 members (excludes halogenated alkanes) is 23. The topological polar surface area (TPSA) is 674 Å². The van der Waals surface area contributed by atoms with Crippen LogP contribution in [0.3, 0.4) is 0 Å². The van der Waals surface area contributed by atoms with Crippen LogP contribution in [0.25, 0.3) is 0 Å². The van der Waals surface area contributed by atoms with E-state index in [-0.39, 0.29) is 12.8 Å². The normalized spacial score (nSPS) is 35.1. The highest BCUT2D eigenvalue weighted by atomic mass is 16.8. The van der Waals surface area contributed by atoms with Gasteiger partial charge in [0.15, 0.2) is 25.2 Å². The van der Waals surface area contributed by atoms with Gasteiger partial charge in [-0.3, -0.25) is 14.4 Å². The van der Waals surface area contributed by atoms with E-state index in [2.05, 4.69) is 41.9 Å². The summed E-state index contributed by atoms with van der Waals surface area (Å²) in [4.78, 5) is 80.5. The largest absolute Gasteiger partial charge is 0.477 e. The number of carbonyl (C=O) groups is 6. The molecule has 0 saturated carbocycles. The lowest BCUT2D eigenvalue weighted by Gasteiger charge is -2.53. The van der Waals surface area contributed by atoms with Crippen molar-refractivity contribution in [3.05, 3.63) is 12.2 Å². The Morgan fingerprint density at radius 3 is 1.38 bits per heavy atom. The van der Waals surface area contributed by atoms with Crippen LogP contribution in [0.4, 0.5) is 0 Å². The molecule has 0 aromatic heterocycles. The average Bonchev–Trinajstić information content (AvgIpc) is 0.733. The summed E-state index contributed by atoms with van der Waals surface area (Å²) >= 11 is 0. The van der Waals surface area contributed by atoms with Gasteiger partial charge in [0.2, 0.25) is 17.7 Å². The third-order valence-corrected chi connectivity index (χ3v) is 24.4. The standard InChI is InChI=1S/C85H149N3O39/c1-6-8-10-12-14-16-18-20-21-23-25-27-29-31-33-35-60(102)88-50(51(98)34-32-30-28-26-24-22-19-17-15-13-11-9-7-2)45-116-79-70(110)68(108)73(58(43-93)119-79)122-81-71(111)77(74(59(44-94)120-81)123-78-49(36-46(3)95)72(65(105)56(41-91)117-78)121-80-69(109)67(107)64(104)55(40-90)118-80)127-85(83(114)115)38-53(100)62(87-48(5)97)76(126-85)66(106)57(42-92)124-84(82(112)113)37-52(99)61(86-47(4)96)75(125-84)63(103)54(101)39-89/h20-21,49-59,61-81,89-94,98-101,103-111H,6-19,22-45H2,1-5H3,(H,86,96)(H,87,97)(H,88,102)(H,112,113)(H,114,115)/t49-,50+,51-,52+,53+,54-,55-,56-,57-,58-,59-,61-,62-,63-,64+,65+,66-,67+,68-,69-,70-,71-,72-,73-,74+,75?,76?,77-,78+,79-,80+,81+,84-,85+/m1/s1. The highest BCUT2D eigenvalue weighted by Crippen LogP contribution is 2.44. The van der Waals surface area contributed by atoms with Gasteiger partial charge in [-0.1, -0.05) is 161 Å². The van der Waals surface area contributed by atoms with Gasteiger partial charge >= 0.3 is 11.9 Å². The molecule has 42 nitrogen and oxygen atoms in total. The molecule has 6 aliphatic heterocycles. The molecule has 0 aromatic carbocycles. The predicted molar refractivity (Wildman–Crippen MR) is 441 cm³/mol. The van der Waals surface area contributed by atoms with Gasteiger partial charge in [-0.2, -0.15) is 0 Å². The fourth-order valence-corrected chi connectivity index (χ4v) is 17.2. The predicted octanol–water partition coefficient (Wildman–Crippen LogP) is -2.78. The number of amides is 3. The van der Waals surface area contributed by atoms with Crippen LogP contribution < -0.4 is 16.0 Å². The van der Waals surface area contributed by atoms with Crippen molar-refractivity contribution in [1.29, 1.82) is 0 Å². The SMILES string of the molecule is CCCCCCCCC=CCCCCCCCC(=O)N[C@@H](CO[C@@H]1O[C@H](CO)[C@@H](O[C@@H]2O[C@H](CO)[C@H](O[C@@H]3O[C@H](CO)[C@H](O)[C@H](O[C@@H]4O[C@H](CO)[C@H](O)[C@H](O)[C@H]4O)[C@H]3CC(C)=O)[C@H](O[C@]3(C(=O)O)C[C@H](O)[C@@H](NC(C)=O)C([C@H](O)[C@@H](CO)O[C@]4(C(=O)O)C[C@H](O)[C@@H](NC(C)=O)C([C@H](O)[C@H](O)CO)O4)O3)[C@H]2O)[C@H](O)[C@H]1O)[C@H](O)CCCCCCCCCCCCCCC. The molecule has 0 aliphatic carbocycles. The maximum absolute atomic E-state index is 14.4. The molecule has 24 N–H and O–H groups in total. The monoisotopic (exact) mass is 1840 g/mol. The first-order chi connectivity index (χ1) is 60.6. The molecule has 6 aliphatic rings. The fourth-order valence-electron chi connectivity index (χ4n) is 17.2. The average molecular weight is 1840 g/mol. The smallest absolute Gasteiger partial charge is 0.364 e.